The monoisotopic (exact) mass is 331 g/mol. The molecule has 0 aliphatic carbocycles. The molecule has 0 aromatic heterocycles. The number of rotatable bonds is 3. The molecule has 1 aliphatic rings. The largest absolute Gasteiger partial charge is 0.493 e. The third-order valence-corrected chi connectivity index (χ3v) is 4.34. The Hall–Kier alpha value is -2.20. The zero-order valence-electron chi connectivity index (χ0n) is 13.3. The van der Waals surface area contributed by atoms with Crippen molar-refractivity contribution in [2.24, 2.45) is 0 Å². The van der Waals surface area contributed by atoms with Gasteiger partial charge in [-0.05, 0) is 37.3 Å². The maximum Gasteiger partial charge on any atom is 0.167 e. The molecule has 0 spiro atoms. The average Bonchev–Trinajstić information content (AvgIpc) is 2.55. The van der Waals surface area contributed by atoms with Gasteiger partial charge in [-0.3, -0.25) is 4.79 Å². The van der Waals surface area contributed by atoms with Gasteiger partial charge >= 0.3 is 0 Å². The fourth-order valence-electron chi connectivity index (χ4n) is 2.99. The number of benzene rings is 2. The molecule has 2 aromatic rings. The van der Waals surface area contributed by atoms with E-state index in [0.29, 0.717) is 28.5 Å². The minimum Gasteiger partial charge on any atom is -0.493 e. The van der Waals surface area contributed by atoms with Crippen LogP contribution in [0.5, 0.6) is 11.5 Å². The number of ether oxygens (including phenoxy) is 2. The van der Waals surface area contributed by atoms with E-state index in [9.17, 15) is 4.79 Å². The van der Waals surface area contributed by atoms with E-state index < -0.39 is 0 Å². The number of methoxy groups -OCH3 is 2. The second-order valence-electron chi connectivity index (χ2n) is 5.55. The summed E-state index contributed by atoms with van der Waals surface area (Å²) in [7, 11) is 3.15. The van der Waals surface area contributed by atoms with Gasteiger partial charge in [-0.25, -0.2) is 0 Å². The molecule has 0 saturated carbocycles. The lowest BCUT2D eigenvalue weighted by Crippen LogP contribution is -2.36. The Bertz CT molecular complexity index is 743. The van der Waals surface area contributed by atoms with Crippen LogP contribution in [0.3, 0.4) is 0 Å². The third kappa shape index (κ3) is 2.75. The van der Waals surface area contributed by atoms with Gasteiger partial charge in [0.05, 0.1) is 19.9 Å². The Morgan fingerprint density at radius 2 is 1.70 bits per heavy atom. The Morgan fingerprint density at radius 3 is 2.30 bits per heavy atom. The van der Waals surface area contributed by atoms with E-state index in [0.717, 1.165) is 11.4 Å². The molecule has 120 valence electrons. The number of Topliss-reactive ketones (excluding diaryl/α,β-unsaturated/α-hetero) is 1. The normalized spacial score (nSPS) is 17.0. The van der Waals surface area contributed by atoms with Crippen LogP contribution >= 0.6 is 11.6 Å². The van der Waals surface area contributed by atoms with Crippen molar-refractivity contribution in [3.63, 3.8) is 0 Å². The standard InChI is InChI=1S/C18H18ClNO3/c1-11-8-16(21)14-9-17(22-2)18(23-3)10-15(14)20(11)13-6-4-12(19)5-7-13/h4-7,9-11H,8H2,1-3H3. The lowest BCUT2D eigenvalue weighted by Gasteiger charge is -2.36. The summed E-state index contributed by atoms with van der Waals surface area (Å²) in [6.07, 6.45) is 0.450. The van der Waals surface area contributed by atoms with Crippen LogP contribution in [-0.4, -0.2) is 26.0 Å². The molecule has 5 heteroatoms. The molecule has 0 saturated heterocycles. The predicted molar refractivity (Wildman–Crippen MR) is 91.5 cm³/mol. The van der Waals surface area contributed by atoms with Crippen molar-refractivity contribution in [3.05, 3.63) is 47.0 Å². The molecule has 0 amide bonds. The van der Waals surface area contributed by atoms with E-state index in [-0.39, 0.29) is 11.8 Å². The van der Waals surface area contributed by atoms with E-state index in [4.69, 9.17) is 21.1 Å². The highest BCUT2D eigenvalue weighted by Gasteiger charge is 2.31. The first-order chi connectivity index (χ1) is 11.0. The van der Waals surface area contributed by atoms with Crippen molar-refractivity contribution in [3.8, 4) is 11.5 Å². The van der Waals surface area contributed by atoms with Crippen LogP contribution in [0.15, 0.2) is 36.4 Å². The maximum atomic E-state index is 12.5. The molecule has 0 bridgehead atoms. The quantitative estimate of drug-likeness (QED) is 0.831. The number of nitrogens with zero attached hydrogens (tertiary/aromatic N) is 1. The zero-order valence-corrected chi connectivity index (χ0v) is 14.1. The molecular weight excluding hydrogens is 314 g/mol. The van der Waals surface area contributed by atoms with Gasteiger partial charge in [0, 0.05) is 34.8 Å². The summed E-state index contributed by atoms with van der Waals surface area (Å²) in [6, 6.07) is 11.3. The van der Waals surface area contributed by atoms with Gasteiger partial charge in [-0.2, -0.15) is 0 Å². The van der Waals surface area contributed by atoms with Crippen LogP contribution in [0.4, 0.5) is 11.4 Å². The molecule has 4 nitrogen and oxygen atoms in total. The molecule has 2 aromatic carbocycles. The number of hydrogen-bond acceptors (Lipinski definition) is 4. The van der Waals surface area contributed by atoms with Crippen molar-refractivity contribution in [1.29, 1.82) is 0 Å². The Morgan fingerprint density at radius 1 is 1.09 bits per heavy atom. The molecular formula is C18H18ClNO3. The fourth-order valence-corrected chi connectivity index (χ4v) is 3.12. The summed E-state index contributed by atoms with van der Waals surface area (Å²) in [5.41, 5.74) is 2.47. The molecule has 1 heterocycles. The third-order valence-electron chi connectivity index (χ3n) is 4.09. The van der Waals surface area contributed by atoms with Gasteiger partial charge in [0.2, 0.25) is 0 Å². The van der Waals surface area contributed by atoms with Crippen molar-refractivity contribution in [1.82, 2.24) is 0 Å². The van der Waals surface area contributed by atoms with Crippen LogP contribution in [0.2, 0.25) is 5.02 Å². The van der Waals surface area contributed by atoms with Crippen molar-refractivity contribution >= 4 is 28.8 Å². The smallest absolute Gasteiger partial charge is 0.167 e. The highest BCUT2D eigenvalue weighted by Crippen LogP contribution is 2.42. The van der Waals surface area contributed by atoms with Gasteiger partial charge in [0.1, 0.15) is 0 Å². The van der Waals surface area contributed by atoms with E-state index in [1.54, 1.807) is 20.3 Å². The SMILES string of the molecule is COc1cc2c(cc1OC)N(c1ccc(Cl)cc1)C(C)CC2=O. The van der Waals surface area contributed by atoms with Crippen molar-refractivity contribution in [2.45, 2.75) is 19.4 Å². The van der Waals surface area contributed by atoms with Gasteiger partial charge in [-0.15, -0.1) is 0 Å². The van der Waals surface area contributed by atoms with Crippen LogP contribution in [0.1, 0.15) is 23.7 Å². The Kier molecular flexibility index (Phi) is 4.18. The number of hydrogen-bond donors (Lipinski definition) is 0. The highest BCUT2D eigenvalue weighted by atomic mass is 35.5. The van der Waals surface area contributed by atoms with Crippen LogP contribution in [-0.2, 0) is 0 Å². The first kappa shape index (κ1) is 15.7. The fraction of sp³-hybridized carbons (Fsp3) is 0.278. The first-order valence-corrected chi connectivity index (χ1v) is 7.77. The zero-order chi connectivity index (χ0) is 16.6. The number of fused-ring (bicyclic) bond motifs is 1. The lowest BCUT2D eigenvalue weighted by molar-refractivity contribution is 0.0970. The van der Waals surface area contributed by atoms with Gasteiger partial charge in [0.15, 0.2) is 17.3 Å². The first-order valence-electron chi connectivity index (χ1n) is 7.39. The molecule has 23 heavy (non-hydrogen) atoms. The summed E-state index contributed by atoms with van der Waals surface area (Å²) in [5, 5.41) is 0.682. The van der Waals surface area contributed by atoms with Crippen LogP contribution in [0.25, 0.3) is 0 Å². The number of carbonyl (C=O) groups excluding carboxylic acids is 1. The topological polar surface area (TPSA) is 38.8 Å². The summed E-state index contributed by atoms with van der Waals surface area (Å²) >= 11 is 5.99. The van der Waals surface area contributed by atoms with E-state index >= 15 is 0 Å². The number of anilines is 2. The summed E-state index contributed by atoms with van der Waals surface area (Å²) in [4.78, 5) is 14.6. The number of carbonyl (C=O) groups is 1. The molecule has 1 unspecified atom stereocenters. The van der Waals surface area contributed by atoms with Gasteiger partial charge in [0.25, 0.3) is 0 Å². The molecule has 0 N–H and O–H groups in total. The summed E-state index contributed by atoms with van der Waals surface area (Å²) in [5.74, 6) is 1.27. The molecule has 0 radical (unpaired) electrons. The molecule has 1 atom stereocenters. The Balaban J connectivity index is 2.18. The Labute approximate surface area is 140 Å². The summed E-state index contributed by atoms with van der Waals surface area (Å²) < 4.78 is 10.7. The van der Waals surface area contributed by atoms with E-state index in [2.05, 4.69) is 4.90 Å². The average molecular weight is 332 g/mol. The van der Waals surface area contributed by atoms with Crippen LogP contribution < -0.4 is 14.4 Å². The maximum absolute atomic E-state index is 12.5. The molecule has 1 aliphatic heterocycles. The number of halogens is 1. The van der Waals surface area contributed by atoms with Gasteiger partial charge in [-0.1, -0.05) is 11.6 Å². The minimum absolute atomic E-state index is 0.0503. The predicted octanol–water partition coefficient (Wildman–Crippen LogP) is 4.47. The van der Waals surface area contributed by atoms with E-state index in [1.807, 2.05) is 37.3 Å². The van der Waals surface area contributed by atoms with Crippen molar-refractivity contribution < 1.29 is 14.3 Å². The summed E-state index contributed by atoms with van der Waals surface area (Å²) in [6.45, 7) is 2.03. The minimum atomic E-state index is 0.0503. The van der Waals surface area contributed by atoms with Gasteiger partial charge < -0.3 is 14.4 Å². The van der Waals surface area contributed by atoms with Crippen molar-refractivity contribution in [2.75, 3.05) is 19.1 Å². The molecule has 3 rings (SSSR count). The number of ketones is 1. The highest BCUT2D eigenvalue weighted by molar-refractivity contribution is 6.30. The van der Waals surface area contributed by atoms with E-state index in [1.165, 1.54) is 0 Å². The second kappa shape index (κ2) is 6.13. The van der Waals surface area contributed by atoms with Crippen LogP contribution in [0, 0.1) is 0 Å². The lowest BCUT2D eigenvalue weighted by atomic mass is 9.94. The molecule has 0 fully saturated rings. The second-order valence-corrected chi connectivity index (χ2v) is 5.98.